The zero-order valence-corrected chi connectivity index (χ0v) is 20.0. The number of nitrogens with zero attached hydrogens (tertiary/aromatic N) is 2. The van der Waals surface area contributed by atoms with Crippen LogP contribution in [0, 0.1) is 21.0 Å². The lowest BCUT2D eigenvalue weighted by Gasteiger charge is -2.40. The molecule has 178 valence electrons. The molecule has 0 spiro atoms. The van der Waals surface area contributed by atoms with Crippen LogP contribution in [-0.2, 0) is 4.79 Å². The fourth-order valence-corrected chi connectivity index (χ4v) is 3.81. The van der Waals surface area contributed by atoms with Gasteiger partial charge in [-0.25, -0.2) is 13.2 Å². The topological polar surface area (TPSA) is 84.9 Å². The van der Waals surface area contributed by atoms with Crippen LogP contribution in [0.15, 0.2) is 30.3 Å². The van der Waals surface area contributed by atoms with E-state index in [0.717, 1.165) is 12.1 Å². The van der Waals surface area contributed by atoms with Gasteiger partial charge in [-0.2, -0.15) is 0 Å². The first-order valence-electron chi connectivity index (χ1n) is 10.3. The molecule has 0 saturated carbocycles. The predicted molar refractivity (Wildman–Crippen MR) is 126 cm³/mol. The van der Waals surface area contributed by atoms with E-state index in [2.05, 4.69) is 10.6 Å². The minimum absolute atomic E-state index is 0.00879. The molecule has 1 heterocycles. The van der Waals surface area contributed by atoms with Crippen molar-refractivity contribution in [3.8, 4) is 0 Å². The van der Waals surface area contributed by atoms with Crippen LogP contribution in [0.1, 0.15) is 16.8 Å². The van der Waals surface area contributed by atoms with Gasteiger partial charge in [0.05, 0.1) is 29.6 Å². The lowest BCUT2D eigenvalue weighted by molar-refractivity contribution is -0.123. The molecule has 0 atom stereocenters. The van der Waals surface area contributed by atoms with Gasteiger partial charge in [-0.3, -0.25) is 9.59 Å². The SMILES string of the molecule is CN(CCO)CCC(=O)NC1CN(C(=O)c2ccc(F)c(F)c2Nc2ccc(I)cc2F)C1. The van der Waals surface area contributed by atoms with Gasteiger partial charge in [-0.1, -0.05) is 0 Å². The molecular weight excluding hydrogens is 552 g/mol. The Morgan fingerprint density at radius 2 is 1.88 bits per heavy atom. The molecule has 0 radical (unpaired) electrons. The van der Waals surface area contributed by atoms with Crippen molar-refractivity contribution in [1.29, 1.82) is 0 Å². The van der Waals surface area contributed by atoms with Gasteiger partial charge in [0.1, 0.15) is 5.82 Å². The molecule has 0 unspecified atom stereocenters. The van der Waals surface area contributed by atoms with Crippen LogP contribution in [-0.4, -0.2) is 72.6 Å². The van der Waals surface area contributed by atoms with E-state index in [-0.39, 0.29) is 49.3 Å². The summed E-state index contributed by atoms with van der Waals surface area (Å²) in [7, 11) is 1.79. The Balaban J connectivity index is 1.64. The molecule has 0 bridgehead atoms. The maximum atomic E-state index is 14.5. The third kappa shape index (κ3) is 6.36. The second-order valence-corrected chi connectivity index (χ2v) is 9.03. The van der Waals surface area contributed by atoms with Crippen molar-refractivity contribution < 1.29 is 27.9 Å². The van der Waals surface area contributed by atoms with Crippen LogP contribution >= 0.6 is 22.6 Å². The van der Waals surface area contributed by atoms with Crippen LogP contribution in [0.5, 0.6) is 0 Å². The van der Waals surface area contributed by atoms with Crippen molar-refractivity contribution in [2.75, 3.05) is 45.2 Å². The number of nitrogens with one attached hydrogen (secondary N) is 2. The number of carbonyl (C=O) groups excluding carboxylic acids is 2. The number of aliphatic hydroxyl groups excluding tert-OH is 1. The average molecular weight is 576 g/mol. The highest BCUT2D eigenvalue weighted by Crippen LogP contribution is 2.30. The van der Waals surface area contributed by atoms with Gasteiger partial charge in [0, 0.05) is 36.2 Å². The molecule has 2 amide bonds. The summed E-state index contributed by atoms with van der Waals surface area (Å²) in [6.07, 6.45) is 0.250. The Morgan fingerprint density at radius 3 is 2.55 bits per heavy atom. The number of carbonyl (C=O) groups is 2. The van der Waals surface area contributed by atoms with Crippen molar-refractivity contribution in [3.05, 3.63) is 56.9 Å². The number of anilines is 2. The first-order chi connectivity index (χ1) is 15.7. The average Bonchev–Trinajstić information content (AvgIpc) is 2.74. The van der Waals surface area contributed by atoms with E-state index in [0.29, 0.717) is 16.7 Å². The van der Waals surface area contributed by atoms with Gasteiger partial charge in [-0.05, 0) is 60.0 Å². The maximum absolute atomic E-state index is 14.5. The van der Waals surface area contributed by atoms with Crippen LogP contribution in [0.2, 0.25) is 0 Å². The van der Waals surface area contributed by atoms with Crippen molar-refractivity contribution in [3.63, 3.8) is 0 Å². The summed E-state index contributed by atoms with van der Waals surface area (Å²) < 4.78 is 43.3. The number of likely N-dealkylation sites (N-methyl/N-ethyl adjacent to an activating group) is 1. The smallest absolute Gasteiger partial charge is 0.256 e. The zero-order valence-electron chi connectivity index (χ0n) is 17.9. The van der Waals surface area contributed by atoms with Crippen LogP contribution < -0.4 is 10.6 Å². The third-order valence-electron chi connectivity index (χ3n) is 5.25. The molecule has 1 aliphatic heterocycles. The second-order valence-electron chi connectivity index (χ2n) is 7.78. The Morgan fingerprint density at radius 1 is 1.15 bits per heavy atom. The third-order valence-corrected chi connectivity index (χ3v) is 5.92. The quantitative estimate of drug-likeness (QED) is 0.400. The maximum Gasteiger partial charge on any atom is 0.256 e. The van der Waals surface area contributed by atoms with Gasteiger partial charge in [0.25, 0.3) is 5.91 Å². The van der Waals surface area contributed by atoms with E-state index in [1.54, 1.807) is 13.1 Å². The molecule has 11 heteroatoms. The first kappa shape index (κ1) is 25.2. The summed E-state index contributed by atoms with van der Waals surface area (Å²) in [6, 6.07) is 5.94. The van der Waals surface area contributed by atoms with Crippen molar-refractivity contribution in [2.45, 2.75) is 12.5 Å². The Labute approximate surface area is 203 Å². The number of aliphatic hydroxyl groups is 1. The molecule has 0 aromatic heterocycles. The molecule has 1 aliphatic rings. The number of likely N-dealkylation sites (tertiary alicyclic amines) is 1. The Bertz CT molecular complexity index is 1030. The monoisotopic (exact) mass is 576 g/mol. The molecule has 2 aromatic rings. The number of hydrogen-bond donors (Lipinski definition) is 3. The lowest BCUT2D eigenvalue weighted by atomic mass is 10.0. The highest BCUT2D eigenvalue weighted by molar-refractivity contribution is 14.1. The summed E-state index contributed by atoms with van der Waals surface area (Å²) in [6.45, 7) is 1.39. The number of rotatable bonds is 9. The molecular formula is C22H24F3IN4O3. The van der Waals surface area contributed by atoms with E-state index in [9.17, 15) is 22.8 Å². The molecule has 0 aliphatic carbocycles. The normalized spacial score (nSPS) is 13.7. The van der Waals surface area contributed by atoms with Gasteiger partial charge >= 0.3 is 0 Å². The fraction of sp³-hybridized carbons (Fsp3) is 0.364. The zero-order chi connectivity index (χ0) is 24.1. The van der Waals surface area contributed by atoms with Crippen LogP contribution in [0.25, 0.3) is 0 Å². The predicted octanol–water partition coefficient (Wildman–Crippen LogP) is 2.71. The molecule has 3 rings (SSSR count). The fourth-order valence-electron chi connectivity index (χ4n) is 3.36. The van der Waals surface area contributed by atoms with Crippen LogP contribution in [0.3, 0.4) is 0 Å². The summed E-state index contributed by atoms with van der Waals surface area (Å²) in [5, 5.41) is 14.2. The Kier molecular flexibility index (Phi) is 8.54. The summed E-state index contributed by atoms with van der Waals surface area (Å²) in [5.41, 5.74) is -0.671. The molecule has 1 saturated heterocycles. The van der Waals surface area contributed by atoms with Gasteiger partial charge < -0.3 is 25.5 Å². The van der Waals surface area contributed by atoms with Crippen molar-refractivity contribution >= 4 is 45.8 Å². The summed E-state index contributed by atoms with van der Waals surface area (Å²) in [5.74, 6) is -3.85. The minimum Gasteiger partial charge on any atom is -0.395 e. The highest BCUT2D eigenvalue weighted by Gasteiger charge is 2.34. The number of hydrogen-bond acceptors (Lipinski definition) is 5. The largest absolute Gasteiger partial charge is 0.395 e. The van der Waals surface area contributed by atoms with Gasteiger partial charge in [0.15, 0.2) is 11.6 Å². The molecule has 1 fully saturated rings. The van der Waals surface area contributed by atoms with E-state index in [1.165, 1.54) is 17.0 Å². The summed E-state index contributed by atoms with van der Waals surface area (Å²) in [4.78, 5) is 28.2. The standard InChI is InChI=1S/C22H24F3IN4O3/c1-29(8-9-31)7-6-19(32)27-14-11-30(12-14)22(33)15-3-4-16(23)20(25)21(15)28-18-5-2-13(26)10-17(18)24/h2-5,10,14,28,31H,6-9,11-12H2,1H3,(H,27,32). The highest BCUT2D eigenvalue weighted by atomic mass is 127. The first-order valence-corrected chi connectivity index (χ1v) is 11.4. The summed E-state index contributed by atoms with van der Waals surface area (Å²) >= 11 is 1.92. The minimum atomic E-state index is -1.28. The second kappa shape index (κ2) is 11.2. The van der Waals surface area contributed by atoms with Gasteiger partial charge in [-0.15, -0.1) is 0 Å². The molecule has 33 heavy (non-hydrogen) atoms. The van der Waals surface area contributed by atoms with E-state index in [1.807, 2.05) is 27.5 Å². The number of benzene rings is 2. The van der Waals surface area contributed by atoms with E-state index < -0.39 is 29.0 Å². The molecule has 2 aromatic carbocycles. The van der Waals surface area contributed by atoms with Crippen molar-refractivity contribution in [1.82, 2.24) is 15.1 Å². The van der Waals surface area contributed by atoms with Crippen molar-refractivity contribution in [2.24, 2.45) is 0 Å². The number of halogens is 4. The Hall–Kier alpha value is -2.38. The van der Waals surface area contributed by atoms with Gasteiger partial charge in [0.2, 0.25) is 5.91 Å². The van der Waals surface area contributed by atoms with E-state index in [4.69, 9.17) is 5.11 Å². The van der Waals surface area contributed by atoms with Crippen LogP contribution in [0.4, 0.5) is 24.5 Å². The molecule has 7 nitrogen and oxygen atoms in total. The van der Waals surface area contributed by atoms with E-state index >= 15 is 0 Å². The lowest BCUT2D eigenvalue weighted by Crippen LogP contribution is -2.61. The molecule has 3 N–H and O–H groups in total. The number of amides is 2.